The summed E-state index contributed by atoms with van der Waals surface area (Å²) in [6.45, 7) is 0.851. The molecule has 1 aromatic rings. The molecule has 0 radical (unpaired) electrons. The molecule has 1 atom stereocenters. The van der Waals surface area contributed by atoms with Crippen molar-refractivity contribution >= 4 is 5.57 Å². The van der Waals surface area contributed by atoms with Crippen molar-refractivity contribution < 1.29 is 4.74 Å². The summed E-state index contributed by atoms with van der Waals surface area (Å²) < 4.78 is 5.86. The Hall–Kier alpha value is -1.28. The van der Waals surface area contributed by atoms with Gasteiger partial charge in [0.2, 0.25) is 0 Å². The van der Waals surface area contributed by atoms with E-state index in [2.05, 4.69) is 24.3 Å². The topological polar surface area (TPSA) is 35.2 Å². The van der Waals surface area contributed by atoms with Crippen LogP contribution < -0.4 is 10.5 Å². The van der Waals surface area contributed by atoms with E-state index < -0.39 is 0 Å². The average molecular weight is 229 g/mol. The lowest BCUT2D eigenvalue weighted by molar-refractivity contribution is 0.287. The van der Waals surface area contributed by atoms with Crippen molar-refractivity contribution in [1.82, 2.24) is 0 Å². The summed E-state index contributed by atoms with van der Waals surface area (Å²) in [6.07, 6.45) is 7.93. The van der Waals surface area contributed by atoms with Gasteiger partial charge in [-0.05, 0) is 43.2 Å². The Morgan fingerprint density at radius 3 is 3.00 bits per heavy atom. The largest absolute Gasteiger partial charge is 0.493 e. The molecule has 0 fully saturated rings. The number of allylic oxidation sites excluding steroid dienone is 1. The van der Waals surface area contributed by atoms with Crippen LogP contribution in [-0.2, 0) is 6.42 Å². The summed E-state index contributed by atoms with van der Waals surface area (Å²) in [7, 11) is 0. The van der Waals surface area contributed by atoms with Crippen LogP contribution in [0.5, 0.6) is 5.75 Å². The molecule has 1 heterocycles. The minimum atomic E-state index is 0.221. The molecule has 0 amide bonds. The van der Waals surface area contributed by atoms with Gasteiger partial charge in [-0.3, -0.25) is 0 Å². The van der Waals surface area contributed by atoms with Gasteiger partial charge in [0, 0.05) is 11.6 Å². The second-order valence-corrected chi connectivity index (χ2v) is 4.99. The van der Waals surface area contributed by atoms with E-state index in [1.54, 1.807) is 0 Å². The van der Waals surface area contributed by atoms with Crippen molar-refractivity contribution in [2.24, 2.45) is 5.73 Å². The number of benzene rings is 1. The molecule has 1 unspecified atom stereocenters. The quantitative estimate of drug-likeness (QED) is 0.803. The molecule has 1 aliphatic heterocycles. The molecular weight excluding hydrogens is 210 g/mol. The Kier molecular flexibility index (Phi) is 2.89. The Morgan fingerprint density at radius 2 is 2.12 bits per heavy atom. The van der Waals surface area contributed by atoms with Crippen LogP contribution >= 0.6 is 0 Å². The van der Waals surface area contributed by atoms with Gasteiger partial charge < -0.3 is 10.5 Å². The predicted molar refractivity (Wildman–Crippen MR) is 70.1 cm³/mol. The monoisotopic (exact) mass is 229 g/mol. The number of fused-ring (bicyclic) bond motifs is 1. The number of aryl methyl sites for hydroxylation is 1. The standard InChI is InChI=1S/C15H19NO/c16-13-7-1-5-12(10-13)14-8-2-4-11-6-3-9-17-15(11)14/h2,4,8,10,13H,1,3,5-7,9,16H2. The number of nitrogens with two attached hydrogens (primary N) is 1. The van der Waals surface area contributed by atoms with Gasteiger partial charge in [-0.2, -0.15) is 0 Å². The number of hydrogen-bond donors (Lipinski definition) is 1. The first-order valence-electron chi connectivity index (χ1n) is 6.56. The zero-order valence-corrected chi connectivity index (χ0v) is 10.1. The molecule has 0 aromatic heterocycles. The highest BCUT2D eigenvalue weighted by molar-refractivity contribution is 5.73. The van der Waals surface area contributed by atoms with Crippen LogP contribution in [0, 0.1) is 0 Å². The highest BCUT2D eigenvalue weighted by Crippen LogP contribution is 2.37. The molecule has 1 aromatic carbocycles. The Labute approximate surface area is 102 Å². The summed E-state index contributed by atoms with van der Waals surface area (Å²) >= 11 is 0. The molecule has 0 saturated carbocycles. The molecule has 3 rings (SSSR count). The second-order valence-electron chi connectivity index (χ2n) is 4.99. The van der Waals surface area contributed by atoms with E-state index >= 15 is 0 Å². The Balaban J connectivity index is 2.02. The summed E-state index contributed by atoms with van der Waals surface area (Å²) in [5, 5.41) is 0. The molecule has 0 saturated heterocycles. The minimum absolute atomic E-state index is 0.221. The first-order chi connectivity index (χ1) is 8.34. The maximum absolute atomic E-state index is 6.02. The van der Waals surface area contributed by atoms with Crippen molar-refractivity contribution in [3.05, 3.63) is 35.4 Å². The fourth-order valence-electron chi connectivity index (χ4n) is 2.82. The van der Waals surface area contributed by atoms with E-state index in [-0.39, 0.29) is 6.04 Å². The van der Waals surface area contributed by atoms with Crippen LogP contribution in [0.1, 0.15) is 36.8 Å². The lowest BCUT2D eigenvalue weighted by Crippen LogP contribution is -2.20. The SMILES string of the molecule is NC1C=C(c2cccc3c2OCCC3)CCC1. The number of para-hydroxylation sites is 1. The normalized spacial score (nSPS) is 23.6. The third-order valence-electron chi connectivity index (χ3n) is 3.68. The van der Waals surface area contributed by atoms with E-state index in [1.165, 1.54) is 23.1 Å². The maximum atomic E-state index is 6.02. The van der Waals surface area contributed by atoms with Crippen molar-refractivity contribution in [3.63, 3.8) is 0 Å². The molecule has 90 valence electrons. The third kappa shape index (κ3) is 2.09. The summed E-state index contributed by atoms with van der Waals surface area (Å²) in [4.78, 5) is 0. The number of rotatable bonds is 1. The van der Waals surface area contributed by atoms with Gasteiger partial charge in [0.05, 0.1) is 6.61 Å². The van der Waals surface area contributed by atoms with Gasteiger partial charge in [-0.1, -0.05) is 24.3 Å². The van der Waals surface area contributed by atoms with Crippen LogP contribution in [0.25, 0.3) is 5.57 Å². The molecule has 2 nitrogen and oxygen atoms in total. The molecule has 1 aliphatic carbocycles. The van der Waals surface area contributed by atoms with Crippen molar-refractivity contribution in [2.45, 2.75) is 38.1 Å². The molecule has 2 heteroatoms. The Bertz CT molecular complexity index is 450. The van der Waals surface area contributed by atoms with E-state index in [9.17, 15) is 0 Å². The van der Waals surface area contributed by atoms with Crippen molar-refractivity contribution in [3.8, 4) is 5.75 Å². The molecule has 0 spiro atoms. The van der Waals surface area contributed by atoms with Crippen LogP contribution in [-0.4, -0.2) is 12.6 Å². The summed E-state index contributed by atoms with van der Waals surface area (Å²) in [5.74, 6) is 1.11. The van der Waals surface area contributed by atoms with E-state index in [0.717, 1.165) is 38.0 Å². The van der Waals surface area contributed by atoms with Crippen LogP contribution in [0.4, 0.5) is 0 Å². The molecule has 2 N–H and O–H groups in total. The molecule has 0 bridgehead atoms. The van der Waals surface area contributed by atoms with Crippen LogP contribution in [0.3, 0.4) is 0 Å². The van der Waals surface area contributed by atoms with Crippen LogP contribution in [0.15, 0.2) is 24.3 Å². The molecule has 17 heavy (non-hydrogen) atoms. The minimum Gasteiger partial charge on any atom is -0.493 e. The van der Waals surface area contributed by atoms with E-state index in [0.29, 0.717) is 0 Å². The van der Waals surface area contributed by atoms with Gasteiger partial charge in [0.1, 0.15) is 5.75 Å². The van der Waals surface area contributed by atoms with Gasteiger partial charge >= 0.3 is 0 Å². The van der Waals surface area contributed by atoms with Gasteiger partial charge in [0.25, 0.3) is 0 Å². The zero-order chi connectivity index (χ0) is 11.7. The van der Waals surface area contributed by atoms with Gasteiger partial charge in [-0.25, -0.2) is 0 Å². The third-order valence-corrected chi connectivity index (χ3v) is 3.68. The highest BCUT2D eigenvalue weighted by atomic mass is 16.5. The molecule has 2 aliphatic rings. The maximum Gasteiger partial charge on any atom is 0.129 e. The zero-order valence-electron chi connectivity index (χ0n) is 10.1. The lowest BCUT2D eigenvalue weighted by Gasteiger charge is -2.24. The Morgan fingerprint density at radius 1 is 1.18 bits per heavy atom. The van der Waals surface area contributed by atoms with Crippen LogP contribution in [0.2, 0.25) is 0 Å². The first kappa shape index (κ1) is 10.8. The number of ether oxygens (including phenoxy) is 1. The fraction of sp³-hybridized carbons (Fsp3) is 0.467. The summed E-state index contributed by atoms with van der Waals surface area (Å²) in [6, 6.07) is 6.72. The van der Waals surface area contributed by atoms with Crippen molar-refractivity contribution in [2.75, 3.05) is 6.61 Å². The second kappa shape index (κ2) is 4.53. The number of hydrogen-bond acceptors (Lipinski definition) is 2. The highest BCUT2D eigenvalue weighted by Gasteiger charge is 2.19. The van der Waals surface area contributed by atoms with Gasteiger partial charge in [-0.15, -0.1) is 0 Å². The predicted octanol–water partition coefficient (Wildman–Crippen LogP) is 2.91. The van der Waals surface area contributed by atoms with Crippen molar-refractivity contribution in [1.29, 1.82) is 0 Å². The average Bonchev–Trinajstić information content (AvgIpc) is 2.38. The van der Waals surface area contributed by atoms with E-state index in [4.69, 9.17) is 10.5 Å². The lowest BCUT2D eigenvalue weighted by atomic mass is 9.89. The first-order valence-corrected chi connectivity index (χ1v) is 6.56. The van der Waals surface area contributed by atoms with E-state index in [1.807, 2.05) is 0 Å². The molecular formula is C15H19NO. The van der Waals surface area contributed by atoms with Gasteiger partial charge in [0.15, 0.2) is 0 Å². The summed E-state index contributed by atoms with van der Waals surface area (Å²) in [5.41, 5.74) is 10.0. The fourth-order valence-corrected chi connectivity index (χ4v) is 2.82. The smallest absolute Gasteiger partial charge is 0.129 e.